The molecular weight excluding hydrogens is 262 g/mol. The zero-order valence-electron chi connectivity index (χ0n) is 13.9. The Morgan fingerprint density at radius 1 is 1.19 bits per heavy atom. The van der Waals surface area contributed by atoms with Gasteiger partial charge in [0.1, 0.15) is 0 Å². The number of likely N-dealkylation sites (tertiary alicyclic amines) is 1. The second-order valence-corrected chi connectivity index (χ2v) is 7.18. The molecule has 0 aromatic rings. The molecule has 0 saturated carbocycles. The van der Waals surface area contributed by atoms with E-state index in [0.717, 1.165) is 32.7 Å². The van der Waals surface area contributed by atoms with Gasteiger partial charge in [0.15, 0.2) is 0 Å². The molecule has 4 heteroatoms. The van der Waals surface area contributed by atoms with Crippen LogP contribution in [0.1, 0.15) is 52.4 Å². The van der Waals surface area contributed by atoms with Crippen molar-refractivity contribution in [2.45, 2.75) is 58.4 Å². The number of rotatable bonds is 6. The highest BCUT2D eigenvalue weighted by Crippen LogP contribution is 2.12. The molecule has 2 aliphatic heterocycles. The Kier molecular flexibility index (Phi) is 6.97. The summed E-state index contributed by atoms with van der Waals surface area (Å²) >= 11 is 0. The van der Waals surface area contributed by atoms with Gasteiger partial charge in [0.2, 0.25) is 5.91 Å². The lowest BCUT2D eigenvalue weighted by molar-refractivity contribution is -0.132. The van der Waals surface area contributed by atoms with Crippen molar-refractivity contribution in [3.63, 3.8) is 0 Å². The second kappa shape index (κ2) is 8.74. The van der Waals surface area contributed by atoms with Crippen LogP contribution >= 0.6 is 0 Å². The van der Waals surface area contributed by atoms with Crippen LogP contribution in [0.4, 0.5) is 0 Å². The number of nitrogens with zero attached hydrogens (tertiary/aromatic N) is 2. The molecule has 2 saturated heterocycles. The van der Waals surface area contributed by atoms with E-state index >= 15 is 0 Å². The molecule has 2 aliphatic rings. The maximum Gasteiger partial charge on any atom is 0.236 e. The summed E-state index contributed by atoms with van der Waals surface area (Å²) in [7, 11) is 0. The molecule has 1 amide bonds. The van der Waals surface area contributed by atoms with Gasteiger partial charge in [-0.1, -0.05) is 26.7 Å². The van der Waals surface area contributed by atoms with Gasteiger partial charge in [0, 0.05) is 32.2 Å². The van der Waals surface area contributed by atoms with E-state index in [9.17, 15) is 4.79 Å². The molecule has 1 atom stereocenters. The summed E-state index contributed by atoms with van der Waals surface area (Å²) < 4.78 is 0. The molecule has 1 unspecified atom stereocenters. The topological polar surface area (TPSA) is 35.6 Å². The molecule has 122 valence electrons. The van der Waals surface area contributed by atoms with Crippen molar-refractivity contribution in [1.82, 2.24) is 15.1 Å². The van der Waals surface area contributed by atoms with E-state index in [1.54, 1.807) is 0 Å². The first-order valence-corrected chi connectivity index (χ1v) is 8.88. The van der Waals surface area contributed by atoms with Crippen LogP contribution in [-0.4, -0.2) is 61.0 Å². The fourth-order valence-electron chi connectivity index (χ4n) is 3.56. The first-order chi connectivity index (χ1) is 10.1. The van der Waals surface area contributed by atoms with Crippen LogP contribution in [0.3, 0.4) is 0 Å². The van der Waals surface area contributed by atoms with E-state index in [4.69, 9.17) is 0 Å². The maximum absolute atomic E-state index is 12.6. The van der Waals surface area contributed by atoms with Crippen LogP contribution in [-0.2, 0) is 4.79 Å². The van der Waals surface area contributed by atoms with E-state index in [-0.39, 0.29) is 0 Å². The van der Waals surface area contributed by atoms with E-state index in [1.807, 2.05) is 0 Å². The summed E-state index contributed by atoms with van der Waals surface area (Å²) in [4.78, 5) is 17.1. The van der Waals surface area contributed by atoms with Gasteiger partial charge in [-0.2, -0.15) is 0 Å². The lowest BCUT2D eigenvalue weighted by Crippen LogP contribution is -2.46. The fraction of sp³-hybridized carbons (Fsp3) is 0.941. The molecule has 1 N–H and O–H groups in total. The lowest BCUT2D eigenvalue weighted by atomic mass is 10.1. The largest absolute Gasteiger partial charge is 0.342 e. The van der Waals surface area contributed by atoms with Crippen LogP contribution < -0.4 is 5.32 Å². The number of carbonyl (C=O) groups is 1. The van der Waals surface area contributed by atoms with Crippen LogP contribution in [0, 0.1) is 5.92 Å². The minimum atomic E-state index is 0.343. The molecule has 0 aromatic heterocycles. The molecule has 2 rings (SSSR count). The van der Waals surface area contributed by atoms with E-state index in [0.29, 0.717) is 24.4 Å². The van der Waals surface area contributed by atoms with Gasteiger partial charge < -0.3 is 10.2 Å². The van der Waals surface area contributed by atoms with Gasteiger partial charge in [-0.3, -0.25) is 9.69 Å². The van der Waals surface area contributed by atoms with Crippen molar-refractivity contribution in [3.05, 3.63) is 0 Å². The zero-order valence-corrected chi connectivity index (χ0v) is 13.9. The molecule has 4 nitrogen and oxygen atoms in total. The molecule has 0 bridgehead atoms. The van der Waals surface area contributed by atoms with Gasteiger partial charge in [-0.25, -0.2) is 0 Å². The smallest absolute Gasteiger partial charge is 0.236 e. The van der Waals surface area contributed by atoms with Gasteiger partial charge in [-0.15, -0.1) is 0 Å². The summed E-state index contributed by atoms with van der Waals surface area (Å²) in [6.07, 6.45) is 7.46. The first kappa shape index (κ1) is 16.8. The Morgan fingerprint density at radius 3 is 2.48 bits per heavy atom. The molecular formula is C17H33N3O. The van der Waals surface area contributed by atoms with E-state index in [2.05, 4.69) is 29.0 Å². The van der Waals surface area contributed by atoms with E-state index < -0.39 is 0 Å². The average molecular weight is 295 g/mol. The number of carbonyl (C=O) groups excluding carboxylic acids is 1. The standard InChI is InChI=1S/C17H33N3O/c1-15(2)12-19(13-16-8-7-9-18-16)14-17(21)20-10-5-3-4-6-11-20/h15-16,18H,3-14H2,1-2H3. The van der Waals surface area contributed by atoms with Crippen LogP contribution in [0.15, 0.2) is 0 Å². The molecule has 0 radical (unpaired) electrons. The molecule has 21 heavy (non-hydrogen) atoms. The van der Waals surface area contributed by atoms with Gasteiger partial charge in [0.25, 0.3) is 0 Å². The minimum absolute atomic E-state index is 0.343. The quantitative estimate of drug-likeness (QED) is 0.815. The summed E-state index contributed by atoms with van der Waals surface area (Å²) in [6.45, 7) is 10.2. The highest BCUT2D eigenvalue weighted by Gasteiger charge is 2.23. The number of nitrogens with one attached hydrogen (secondary N) is 1. The summed E-state index contributed by atoms with van der Waals surface area (Å²) in [5.41, 5.74) is 0. The summed E-state index contributed by atoms with van der Waals surface area (Å²) in [5.74, 6) is 0.957. The third-order valence-corrected chi connectivity index (χ3v) is 4.58. The Hall–Kier alpha value is -0.610. The predicted molar refractivity (Wildman–Crippen MR) is 87.4 cm³/mol. The van der Waals surface area contributed by atoms with Crippen LogP contribution in [0.5, 0.6) is 0 Å². The molecule has 2 heterocycles. The van der Waals surface area contributed by atoms with Gasteiger partial charge in [0.05, 0.1) is 6.54 Å². The molecule has 2 fully saturated rings. The molecule has 0 aliphatic carbocycles. The van der Waals surface area contributed by atoms with Crippen LogP contribution in [0.25, 0.3) is 0 Å². The first-order valence-electron chi connectivity index (χ1n) is 8.88. The summed E-state index contributed by atoms with van der Waals surface area (Å²) in [6, 6.07) is 0.584. The van der Waals surface area contributed by atoms with Crippen molar-refractivity contribution in [1.29, 1.82) is 0 Å². The summed E-state index contributed by atoms with van der Waals surface area (Å²) in [5, 5.41) is 3.56. The van der Waals surface area contributed by atoms with Crippen molar-refractivity contribution in [2.75, 3.05) is 39.3 Å². The van der Waals surface area contributed by atoms with Crippen LogP contribution in [0.2, 0.25) is 0 Å². The Bertz CT molecular complexity index is 305. The van der Waals surface area contributed by atoms with Gasteiger partial charge >= 0.3 is 0 Å². The molecule has 0 aromatic carbocycles. The maximum atomic E-state index is 12.6. The van der Waals surface area contributed by atoms with Crippen molar-refractivity contribution < 1.29 is 4.79 Å². The molecule has 0 spiro atoms. The second-order valence-electron chi connectivity index (χ2n) is 7.18. The fourth-order valence-corrected chi connectivity index (χ4v) is 3.56. The third-order valence-electron chi connectivity index (χ3n) is 4.58. The average Bonchev–Trinajstić information content (AvgIpc) is 2.77. The van der Waals surface area contributed by atoms with Gasteiger partial charge in [-0.05, 0) is 38.1 Å². The minimum Gasteiger partial charge on any atom is -0.342 e. The number of hydrogen-bond acceptors (Lipinski definition) is 3. The Morgan fingerprint density at radius 2 is 1.90 bits per heavy atom. The third kappa shape index (κ3) is 5.95. The Balaban J connectivity index is 1.84. The van der Waals surface area contributed by atoms with E-state index in [1.165, 1.54) is 38.5 Å². The van der Waals surface area contributed by atoms with Crippen molar-refractivity contribution >= 4 is 5.91 Å². The SMILES string of the molecule is CC(C)CN(CC(=O)N1CCCCCC1)CC1CCCN1. The number of amides is 1. The highest BCUT2D eigenvalue weighted by atomic mass is 16.2. The van der Waals surface area contributed by atoms with Crippen molar-refractivity contribution in [3.8, 4) is 0 Å². The zero-order chi connectivity index (χ0) is 15.1. The Labute approximate surface area is 130 Å². The lowest BCUT2D eigenvalue weighted by Gasteiger charge is -2.29. The number of hydrogen-bond donors (Lipinski definition) is 1. The highest BCUT2D eigenvalue weighted by molar-refractivity contribution is 5.78. The van der Waals surface area contributed by atoms with Crippen molar-refractivity contribution in [2.24, 2.45) is 5.92 Å². The normalized spacial score (nSPS) is 23.8. The monoisotopic (exact) mass is 295 g/mol. The predicted octanol–water partition coefficient (Wildman–Crippen LogP) is 2.10.